The number of hydrogen-bond acceptors (Lipinski definition) is 3. The molecule has 0 atom stereocenters. The van der Waals surface area contributed by atoms with Crippen LogP contribution >= 0.6 is 15.9 Å². The summed E-state index contributed by atoms with van der Waals surface area (Å²) in [5, 5.41) is 2.85. The highest BCUT2D eigenvalue weighted by Crippen LogP contribution is 2.15. The summed E-state index contributed by atoms with van der Waals surface area (Å²) in [6.45, 7) is 0.338. The molecule has 3 rings (SSSR count). The lowest BCUT2D eigenvalue weighted by Gasteiger charge is -2.08. The molecule has 2 N–H and O–H groups in total. The first-order valence-corrected chi connectivity index (χ1v) is 11.9. The zero-order valence-corrected chi connectivity index (χ0v) is 18.7. The summed E-state index contributed by atoms with van der Waals surface area (Å²) in [6.07, 6.45) is 1.48. The summed E-state index contributed by atoms with van der Waals surface area (Å²) in [5.74, 6) is -0.0865. The molecular weight excluding hydrogens is 464 g/mol. The van der Waals surface area contributed by atoms with Crippen LogP contribution in [0.4, 0.5) is 5.69 Å². The third-order valence-electron chi connectivity index (χ3n) is 4.55. The molecule has 0 aliphatic carbocycles. The van der Waals surface area contributed by atoms with E-state index in [4.69, 9.17) is 0 Å². The van der Waals surface area contributed by atoms with E-state index in [0.717, 1.165) is 21.3 Å². The van der Waals surface area contributed by atoms with Gasteiger partial charge in [0.25, 0.3) is 0 Å². The van der Waals surface area contributed by atoms with E-state index in [1.807, 2.05) is 54.6 Å². The number of nitrogens with one attached hydrogen (secondary N) is 2. The summed E-state index contributed by atoms with van der Waals surface area (Å²) < 4.78 is 28.5. The predicted molar refractivity (Wildman–Crippen MR) is 123 cm³/mol. The molecule has 0 saturated heterocycles. The minimum absolute atomic E-state index is 0.0865. The molecule has 1 amide bonds. The lowest BCUT2D eigenvalue weighted by Crippen LogP contribution is -2.26. The fraction of sp³-hybridized carbons (Fsp3) is 0.174. The van der Waals surface area contributed by atoms with Gasteiger partial charge in [-0.3, -0.25) is 4.79 Å². The molecule has 30 heavy (non-hydrogen) atoms. The first-order chi connectivity index (χ1) is 14.4. The van der Waals surface area contributed by atoms with Gasteiger partial charge in [-0.25, -0.2) is 13.1 Å². The lowest BCUT2D eigenvalue weighted by molar-refractivity contribution is -0.116. The maximum atomic E-state index is 12.4. The third kappa shape index (κ3) is 6.79. The number of sulfonamides is 1. The van der Waals surface area contributed by atoms with E-state index in [1.54, 1.807) is 24.3 Å². The van der Waals surface area contributed by atoms with Gasteiger partial charge in [-0.1, -0.05) is 58.4 Å². The number of benzene rings is 3. The van der Waals surface area contributed by atoms with Crippen molar-refractivity contribution in [2.45, 2.75) is 24.2 Å². The van der Waals surface area contributed by atoms with Gasteiger partial charge >= 0.3 is 0 Å². The molecule has 0 aliphatic rings. The van der Waals surface area contributed by atoms with Gasteiger partial charge in [0.1, 0.15) is 0 Å². The normalized spacial score (nSPS) is 11.2. The molecule has 3 aromatic rings. The Kier molecular flexibility index (Phi) is 7.79. The van der Waals surface area contributed by atoms with Crippen molar-refractivity contribution < 1.29 is 13.2 Å². The zero-order valence-electron chi connectivity index (χ0n) is 16.3. The molecule has 0 bridgehead atoms. The number of halogens is 1. The number of amides is 1. The van der Waals surface area contributed by atoms with Crippen LogP contribution in [0.25, 0.3) is 0 Å². The van der Waals surface area contributed by atoms with Crippen molar-refractivity contribution >= 4 is 37.5 Å². The van der Waals surface area contributed by atoms with E-state index in [9.17, 15) is 13.2 Å². The van der Waals surface area contributed by atoms with Crippen molar-refractivity contribution in [3.63, 3.8) is 0 Å². The highest BCUT2D eigenvalue weighted by Gasteiger charge is 2.13. The molecule has 0 spiro atoms. The fourth-order valence-electron chi connectivity index (χ4n) is 2.91. The molecule has 7 heteroatoms. The molecule has 0 aromatic heterocycles. The van der Waals surface area contributed by atoms with Gasteiger partial charge in [0.2, 0.25) is 15.9 Å². The second-order valence-electron chi connectivity index (χ2n) is 6.83. The smallest absolute Gasteiger partial charge is 0.240 e. The van der Waals surface area contributed by atoms with Gasteiger partial charge in [0.05, 0.1) is 4.90 Å². The van der Waals surface area contributed by atoms with Crippen LogP contribution in [0.5, 0.6) is 0 Å². The van der Waals surface area contributed by atoms with Crippen LogP contribution < -0.4 is 10.0 Å². The first kappa shape index (κ1) is 22.2. The van der Waals surface area contributed by atoms with Gasteiger partial charge in [0.15, 0.2) is 0 Å². The van der Waals surface area contributed by atoms with Crippen LogP contribution in [0, 0.1) is 0 Å². The first-order valence-electron chi connectivity index (χ1n) is 9.60. The number of rotatable bonds is 9. The molecule has 0 saturated carbocycles. The molecule has 0 unspecified atom stereocenters. The quantitative estimate of drug-likeness (QED) is 0.466. The molecule has 0 radical (unpaired) electrons. The average Bonchev–Trinajstić information content (AvgIpc) is 2.75. The second kappa shape index (κ2) is 10.5. The van der Waals surface area contributed by atoms with E-state index in [0.29, 0.717) is 25.8 Å². The number of aryl methyl sites for hydroxylation is 1. The molecule has 0 aliphatic heterocycles. The van der Waals surface area contributed by atoms with Gasteiger partial charge in [-0.2, -0.15) is 0 Å². The van der Waals surface area contributed by atoms with Gasteiger partial charge < -0.3 is 5.32 Å². The van der Waals surface area contributed by atoms with Crippen LogP contribution in [0.2, 0.25) is 0 Å². The molecule has 5 nitrogen and oxygen atoms in total. The Morgan fingerprint density at radius 1 is 0.800 bits per heavy atom. The van der Waals surface area contributed by atoms with Crippen molar-refractivity contribution in [3.05, 3.63) is 94.5 Å². The minimum Gasteiger partial charge on any atom is -0.326 e. The summed E-state index contributed by atoms with van der Waals surface area (Å²) >= 11 is 3.36. The van der Waals surface area contributed by atoms with Crippen LogP contribution in [-0.2, 0) is 27.7 Å². The van der Waals surface area contributed by atoms with Gasteiger partial charge in [0, 0.05) is 23.1 Å². The predicted octanol–water partition coefficient (Wildman–Crippen LogP) is 4.54. The van der Waals surface area contributed by atoms with Crippen molar-refractivity contribution in [1.29, 1.82) is 0 Å². The fourth-order valence-corrected chi connectivity index (χ4v) is 4.20. The van der Waals surface area contributed by atoms with E-state index in [1.165, 1.54) is 0 Å². The molecule has 0 fully saturated rings. The Labute approximate surface area is 185 Å². The SMILES string of the molecule is O=C(CCc1ccc(S(=O)(=O)NCCc2ccccc2)cc1)Nc1ccc(Br)cc1. The van der Waals surface area contributed by atoms with E-state index in [-0.39, 0.29) is 10.8 Å². The van der Waals surface area contributed by atoms with Crippen LogP contribution in [0.1, 0.15) is 17.5 Å². The molecular formula is C23H23BrN2O3S. The largest absolute Gasteiger partial charge is 0.326 e. The summed E-state index contributed by atoms with van der Waals surface area (Å²) in [5.41, 5.74) is 2.73. The highest BCUT2D eigenvalue weighted by molar-refractivity contribution is 9.10. The van der Waals surface area contributed by atoms with Crippen LogP contribution in [-0.4, -0.2) is 20.9 Å². The molecule has 3 aromatic carbocycles. The summed E-state index contributed by atoms with van der Waals surface area (Å²) in [7, 11) is -3.56. The number of hydrogen-bond donors (Lipinski definition) is 2. The zero-order chi connectivity index (χ0) is 21.4. The highest BCUT2D eigenvalue weighted by atomic mass is 79.9. The monoisotopic (exact) mass is 486 g/mol. The molecule has 156 valence electrons. The number of carbonyl (C=O) groups is 1. The van der Waals surface area contributed by atoms with Crippen LogP contribution in [0.3, 0.4) is 0 Å². The third-order valence-corrected chi connectivity index (χ3v) is 6.56. The van der Waals surface area contributed by atoms with Crippen molar-refractivity contribution in [1.82, 2.24) is 4.72 Å². The average molecular weight is 487 g/mol. The maximum Gasteiger partial charge on any atom is 0.240 e. The Hall–Kier alpha value is -2.48. The topological polar surface area (TPSA) is 75.3 Å². The Balaban J connectivity index is 1.48. The number of anilines is 1. The van der Waals surface area contributed by atoms with E-state index in [2.05, 4.69) is 26.0 Å². The van der Waals surface area contributed by atoms with Crippen molar-refractivity contribution in [2.24, 2.45) is 0 Å². The summed E-state index contributed by atoms with van der Waals surface area (Å²) in [4.78, 5) is 12.3. The van der Waals surface area contributed by atoms with E-state index < -0.39 is 10.0 Å². The van der Waals surface area contributed by atoms with Crippen molar-refractivity contribution in [2.75, 3.05) is 11.9 Å². The molecule has 0 heterocycles. The second-order valence-corrected chi connectivity index (χ2v) is 9.52. The standard InChI is InChI=1S/C23H23BrN2O3S/c24-20-9-11-21(12-10-20)26-23(27)15-8-19-6-13-22(14-7-19)30(28,29)25-17-16-18-4-2-1-3-5-18/h1-7,9-14,25H,8,15-17H2,(H,26,27). The maximum absolute atomic E-state index is 12.4. The van der Waals surface area contributed by atoms with Gasteiger partial charge in [-0.05, 0) is 60.4 Å². The summed E-state index contributed by atoms with van der Waals surface area (Å²) in [6, 6.07) is 23.8. The van der Waals surface area contributed by atoms with E-state index >= 15 is 0 Å². The van der Waals surface area contributed by atoms with Crippen molar-refractivity contribution in [3.8, 4) is 0 Å². The Morgan fingerprint density at radius 3 is 2.10 bits per heavy atom. The Morgan fingerprint density at radius 2 is 1.43 bits per heavy atom. The Bertz CT molecular complexity index is 1070. The van der Waals surface area contributed by atoms with Crippen LogP contribution in [0.15, 0.2) is 88.2 Å². The minimum atomic E-state index is -3.56. The number of carbonyl (C=O) groups excluding carboxylic acids is 1. The van der Waals surface area contributed by atoms with Gasteiger partial charge in [-0.15, -0.1) is 0 Å². The lowest BCUT2D eigenvalue weighted by atomic mass is 10.1.